The molecule has 0 saturated carbocycles. The van der Waals surface area contributed by atoms with Gasteiger partial charge in [-0.3, -0.25) is 4.98 Å². The van der Waals surface area contributed by atoms with Crippen molar-refractivity contribution in [2.24, 2.45) is 0 Å². The van der Waals surface area contributed by atoms with Crippen LogP contribution in [-0.4, -0.2) is 19.9 Å². The highest BCUT2D eigenvalue weighted by atomic mass is 32.2. The number of hydrogen-bond donors (Lipinski definition) is 1. The molecule has 0 aliphatic heterocycles. The predicted molar refractivity (Wildman–Crippen MR) is 84.4 cm³/mol. The van der Waals surface area contributed by atoms with Crippen LogP contribution >= 0.6 is 11.8 Å². The third-order valence-corrected chi connectivity index (χ3v) is 4.24. The number of nitrogens with two attached hydrogens (primary N) is 1. The number of pyridine rings is 1. The van der Waals surface area contributed by atoms with Gasteiger partial charge < -0.3 is 5.84 Å². The van der Waals surface area contributed by atoms with Gasteiger partial charge in [0.05, 0.1) is 5.56 Å². The number of nitrogen functional groups attached to an aromatic ring is 1. The molecule has 0 atom stereocenters. The number of alkyl halides is 3. The Balaban J connectivity index is 1.75. The smallest absolute Gasteiger partial charge is 0.335 e. The summed E-state index contributed by atoms with van der Waals surface area (Å²) in [6, 6.07) is 8.66. The van der Waals surface area contributed by atoms with E-state index in [4.69, 9.17) is 5.84 Å². The van der Waals surface area contributed by atoms with Gasteiger partial charge >= 0.3 is 6.18 Å². The first-order valence-electron chi connectivity index (χ1n) is 6.85. The Hall–Kier alpha value is -2.55. The Bertz CT molecular complexity index is 833. The topological polar surface area (TPSA) is 69.6 Å². The van der Waals surface area contributed by atoms with Crippen LogP contribution in [0.3, 0.4) is 0 Å². The fraction of sp³-hybridized carbons (Fsp3) is 0.133. The van der Waals surface area contributed by atoms with Crippen LogP contribution in [0.4, 0.5) is 13.2 Å². The molecule has 0 saturated heterocycles. The summed E-state index contributed by atoms with van der Waals surface area (Å²) in [6.45, 7) is 0. The van der Waals surface area contributed by atoms with Crippen molar-refractivity contribution in [1.82, 2.24) is 19.9 Å². The second kappa shape index (κ2) is 6.52. The summed E-state index contributed by atoms with van der Waals surface area (Å²) < 4.78 is 39.5. The Labute approximate surface area is 139 Å². The highest BCUT2D eigenvalue weighted by molar-refractivity contribution is 7.98. The molecule has 9 heteroatoms. The lowest BCUT2D eigenvalue weighted by molar-refractivity contribution is -0.137. The fourth-order valence-electron chi connectivity index (χ4n) is 2.06. The number of rotatable bonds is 4. The molecule has 2 N–H and O–H groups in total. The molecule has 3 rings (SSSR count). The van der Waals surface area contributed by atoms with Gasteiger partial charge in [0, 0.05) is 23.7 Å². The van der Waals surface area contributed by atoms with Crippen LogP contribution in [0.5, 0.6) is 0 Å². The van der Waals surface area contributed by atoms with Gasteiger partial charge in [0.1, 0.15) is 0 Å². The lowest BCUT2D eigenvalue weighted by atomic mass is 10.1. The lowest BCUT2D eigenvalue weighted by Crippen LogP contribution is -2.11. The summed E-state index contributed by atoms with van der Waals surface area (Å²) in [7, 11) is 0. The van der Waals surface area contributed by atoms with Gasteiger partial charge in [-0.15, -0.1) is 10.2 Å². The molecule has 2 aromatic heterocycles. The standard InChI is InChI=1S/C15H12F3N5S/c16-15(17,18)12-3-1-2-10(8-12)9-24-14-22-21-13(23(14)19)11-4-6-20-7-5-11/h1-8H,9,19H2. The van der Waals surface area contributed by atoms with Crippen molar-refractivity contribution >= 4 is 11.8 Å². The average Bonchev–Trinajstić information content (AvgIpc) is 2.94. The van der Waals surface area contributed by atoms with E-state index >= 15 is 0 Å². The molecule has 0 amide bonds. The van der Waals surface area contributed by atoms with Gasteiger partial charge in [0.15, 0.2) is 5.82 Å². The zero-order valence-electron chi connectivity index (χ0n) is 12.2. The van der Waals surface area contributed by atoms with Gasteiger partial charge in [-0.05, 0) is 23.8 Å². The van der Waals surface area contributed by atoms with E-state index in [-0.39, 0.29) is 0 Å². The van der Waals surface area contributed by atoms with E-state index in [1.807, 2.05) is 0 Å². The van der Waals surface area contributed by atoms with Crippen LogP contribution in [0, 0.1) is 0 Å². The Kier molecular flexibility index (Phi) is 4.43. The average molecular weight is 351 g/mol. The maximum absolute atomic E-state index is 12.7. The molecular weight excluding hydrogens is 339 g/mol. The van der Waals surface area contributed by atoms with E-state index < -0.39 is 11.7 Å². The maximum Gasteiger partial charge on any atom is 0.416 e. The van der Waals surface area contributed by atoms with Crippen LogP contribution in [-0.2, 0) is 11.9 Å². The SMILES string of the molecule is Nn1c(SCc2cccc(C(F)(F)F)c2)nnc1-c1ccncc1. The largest absolute Gasteiger partial charge is 0.416 e. The summed E-state index contributed by atoms with van der Waals surface area (Å²) in [5.41, 5.74) is 0.612. The van der Waals surface area contributed by atoms with Gasteiger partial charge in [-0.2, -0.15) is 13.2 Å². The first kappa shape index (κ1) is 16.3. The van der Waals surface area contributed by atoms with Crippen LogP contribution < -0.4 is 5.84 Å². The number of halogens is 3. The number of benzene rings is 1. The van der Waals surface area contributed by atoms with Gasteiger partial charge in [-0.25, -0.2) is 4.68 Å². The zero-order chi connectivity index (χ0) is 17.2. The van der Waals surface area contributed by atoms with Crippen LogP contribution in [0.15, 0.2) is 53.9 Å². The van der Waals surface area contributed by atoms with E-state index in [0.717, 1.165) is 17.7 Å². The predicted octanol–water partition coefficient (Wildman–Crippen LogP) is 3.37. The molecule has 5 nitrogen and oxygen atoms in total. The molecule has 24 heavy (non-hydrogen) atoms. The molecule has 0 radical (unpaired) electrons. The minimum atomic E-state index is -4.36. The summed E-state index contributed by atoms with van der Waals surface area (Å²) in [5, 5.41) is 8.42. The maximum atomic E-state index is 12.7. The van der Waals surface area contributed by atoms with Crippen molar-refractivity contribution in [2.75, 3.05) is 5.84 Å². The van der Waals surface area contributed by atoms with Crippen LogP contribution in [0.1, 0.15) is 11.1 Å². The molecule has 3 aromatic rings. The normalized spacial score (nSPS) is 11.6. The molecular formula is C15H12F3N5S. The number of aromatic nitrogens is 4. The van der Waals surface area contributed by atoms with E-state index in [1.54, 1.807) is 30.6 Å². The minimum Gasteiger partial charge on any atom is -0.335 e. The number of nitrogens with zero attached hydrogens (tertiary/aromatic N) is 4. The molecule has 124 valence electrons. The third kappa shape index (κ3) is 3.51. The van der Waals surface area contributed by atoms with E-state index in [1.165, 1.54) is 22.5 Å². The fourth-order valence-corrected chi connectivity index (χ4v) is 2.86. The highest BCUT2D eigenvalue weighted by Crippen LogP contribution is 2.31. The summed E-state index contributed by atoms with van der Waals surface area (Å²) in [4.78, 5) is 3.92. The van der Waals surface area contributed by atoms with Gasteiger partial charge in [-0.1, -0.05) is 30.0 Å². The molecule has 0 aliphatic carbocycles. The second-order valence-electron chi connectivity index (χ2n) is 4.90. The first-order chi connectivity index (χ1) is 11.4. The van der Waals surface area contributed by atoms with E-state index in [9.17, 15) is 13.2 Å². The highest BCUT2D eigenvalue weighted by Gasteiger charge is 2.30. The Morgan fingerprint density at radius 2 is 1.83 bits per heavy atom. The molecule has 0 bridgehead atoms. The van der Waals surface area contributed by atoms with Crippen molar-refractivity contribution < 1.29 is 13.2 Å². The van der Waals surface area contributed by atoms with Crippen molar-refractivity contribution in [3.05, 3.63) is 59.9 Å². The van der Waals surface area contributed by atoms with E-state index in [0.29, 0.717) is 22.3 Å². The van der Waals surface area contributed by atoms with Crippen molar-refractivity contribution in [2.45, 2.75) is 17.1 Å². The number of hydrogen-bond acceptors (Lipinski definition) is 5. The molecule has 0 fully saturated rings. The second-order valence-corrected chi connectivity index (χ2v) is 5.84. The zero-order valence-corrected chi connectivity index (χ0v) is 13.1. The summed E-state index contributed by atoms with van der Waals surface area (Å²) in [5.74, 6) is 6.73. The van der Waals surface area contributed by atoms with Gasteiger partial charge in [0.2, 0.25) is 5.16 Å². The molecule has 2 heterocycles. The first-order valence-corrected chi connectivity index (χ1v) is 7.83. The molecule has 0 spiro atoms. The lowest BCUT2D eigenvalue weighted by Gasteiger charge is -2.08. The monoisotopic (exact) mass is 351 g/mol. The molecule has 0 aliphatic rings. The number of thioether (sulfide) groups is 1. The van der Waals surface area contributed by atoms with Crippen molar-refractivity contribution in [1.29, 1.82) is 0 Å². The van der Waals surface area contributed by atoms with Crippen LogP contribution in [0.25, 0.3) is 11.4 Å². The van der Waals surface area contributed by atoms with Crippen molar-refractivity contribution in [3.63, 3.8) is 0 Å². The van der Waals surface area contributed by atoms with Crippen molar-refractivity contribution in [3.8, 4) is 11.4 Å². The Morgan fingerprint density at radius 1 is 1.08 bits per heavy atom. The molecule has 1 aromatic carbocycles. The molecule has 0 unspecified atom stereocenters. The quantitative estimate of drug-likeness (QED) is 0.576. The minimum absolute atomic E-state index is 0.301. The van der Waals surface area contributed by atoms with Gasteiger partial charge in [0.25, 0.3) is 0 Å². The van der Waals surface area contributed by atoms with E-state index in [2.05, 4.69) is 15.2 Å². The summed E-state index contributed by atoms with van der Waals surface area (Å²) >= 11 is 1.22. The summed E-state index contributed by atoms with van der Waals surface area (Å²) in [6.07, 6.45) is -1.14. The Morgan fingerprint density at radius 3 is 2.54 bits per heavy atom. The van der Waals surface area contributed by atoms with Crippen LogP contribution in [0.2, 0.25) is 0 Å². The third-order valence-electron chi connectivity index (χ3n) is 3.23.